The number of aromatic nitrogens is 1. The van der Waals surface area contributed by atoms with Gasteiger partial charge in [-0.15, -0.1) is 11.3 Å². The summed E-state index contributed by atoms with van der Waals surface area (Å²) in [5.74, 6) is -1.88. The Kier molecular flexibility index (Phi) is 3.11. The predicted molar refractivity (Wildman–Crippen MR) is 57.7 cm³/mol. The van der Waals surface area contributed by atoms with E-state index in [1.54, 1.807) is 0 Å². The van der Waals surface area contributed by atoms with Crippen LogP contribution in [0.15, 0.2) is 0 Å². The van der Waals surface area contributed by atoms with Crippen molar-refractivity contribution >= 4 is 22.3 Å². The summed E-state index contributed by atoms with van der Waals surface area (Å²) in [4.78, 5) is 15.9. The van der Waals surface area contributed by atoms with Crippen LogP contribution in [0.5, 0.6) is 0 Å². The van der Waals surface area contributed by atoms with Gasteiger partial charge in [0.05, 0.1) is 5.69 Å². The number of Topliss-reactive ketones (excluding diaryl/α,β-unsaturated/α-hetero) is 1. The summed E-state index contributed by atoms with van der Waals surface area (Å²) in [6.45, 7) is 0. The van der Waals surface area contributed by atoms with Gasteiger partial charge >= 0.3 is 6.18 Å². The predicted octanol–water partition coefficient (Wildman–Crippen LogP) is 2.35. The molecule has 1 atom stereocenters. The van der Waals surface area contributed by atoms with Gasteiger partial charge in [0, 0.05) is 11.3 Å². The molecule has 0 bridgehead atoms. The fraction of sp³-hybridized carbons (Fsp3) is 0.600. The standard InChI is InChI=1S/C10H11F3N2OS/c11-10(12,13)8(16)4-5-1-2-6-7(3-5)17-9(14)15-6/h5H,1-4H2,(H2,14,15)/t5-/m1/s1. The van der Waals surface area contributed by atoms with Gasteiger partial charge in [-0.2, -0.15) is 13.2 Å². The molecule has 1 aromatic heterocycles. The summed E-state index contributed by atoms with van der Waals surface area (Å²) in [6, 6.07) is 0. The van der Waals surface area contributed by atoms with E-state index >= 15 is 0 Å². The number of thiazole rings is 1. The molecule has 3 nitrogen and oxygen atoms in total. The first-order valence-corrected chi connectivity index (χ1v) is 6.02. The number of carbonyl (C=O) groups is 1. The fourth-order valence-electron chi connectivity index (χ4n) is 2.02. The van der Waals surface area contributed by atoms with Gasteiger partial charge in [0.2, 0.25) is 5.78 Å². The number of halogens is 3. The normalized spacial score (nSPS) is 20.1. The van der Waals surface area contributed by atoms with Crippen LogP contribution in [-0.2, 0) is 17.6 Å². The van der Waals surface area contributed by atoms with Crippen LogP contribution in [-0.4, -0.2) is 16.9 Å². The number of carbonyl (C=O) groups excluding carboxylic acids is 1. The maximum Gasteiger partial charge on any atom is 0.449 e. The highest BCUT2D eigenvalue weighted by Gasteiger charge is 2.39. The molecule has 1 aromatic rings. The van der Waals surface area contributed by atoms with E-state index in [0.29, 0.717) is 24.4 Å². The molecule has 2 N–H and O–H groups in total. The Balaban J connectivity index is 2.01. The number of hydrogen-bond donors (Lipinski definition) is 1. The van der Waals surface area contributed by atoms with Crippen molar-refractivity contribution in [2.45, 2.75) is 31.9 Å². The van der Waals surface area contributed by atoms with E-state index in [0.717, 1.165) is 10.6 Å². The minimum Gasteiger partial charge on any atom is -0.375 e. The lowest BCUT2D eigenvalue weighted by Gasteiger charge is -2.20. The van der Waals surface area contributed by atoms with Gasteiger partial charge in [0.1, 0.15) is 0 Å². The van der Waals surface area contributed by atoms with Gasteiger partial charge in [-0.05, 0) is 25.2 Å². The largest absolute Gasteiger partial charge is 0.449 e. The molecule has 7 heteroatoms. The van der Waals surface area contributed by atoms with Gasteiger partial charge in [-0.3, -0.25) is 4.79 Å². The lowest BCUT2D eigenvalue weighted by Crippen LogP contribution is -2.27. The number of alkyl halides is 3. The number of aryl methyl sites for hydroxylation is 1. The van der Waals surface area contributed by atoms with E-state index in [-0.39, 0.29) is 5.92 Å². The van der Waals surface area contributed by atoms with Crippen LogP contribution < -0.4 is 5.73 Å². The molecule has 0 fully saturated rings. The molecule has 17 heavy (non-hydrogen) atoms. The summed E-state index contributed by atoms with van der Waals surface area (Å²) in [6.07, 6.45) is -3.49. The first kappa shape index (κ1) is 12.3. The van der Waals surface area contributed by atoms with Gasteiger partial charge in [-0.1, -0.05) is 0 Å². The summed E-state index contributed by atoms with van der Waals surface area (Å²) >= 11 is 1.30. The third-order valence-corrected chi connectivity index (χ3v) is 3.80. The Labute approximate surface area is 99.8 Å². The highest BCUT2D eigenvalue weighted by Crippen LogP contribution is 2.33. The molecule has 2 rings (SSSR count). The van der Waals surface area contributed by atoms with Crippen molar-refractivity contribution in [2.24, 2.45) is 5.92 Å². The molecule has 0 saturated carbocycles. The minimum atomic E-state index is -4.72. The van der Waals surface area contributed by atoms with Crippen molar-refractivity contribution in [3.8, 4) is 0 Å². The molecule has 94 valence electrons. The summed E-state index contributed by atoms with van der Waals surface area (Å²) < 4.78 is 36.4. The van der Waals surface area contributed by atoms with Crippen LogP contribution in [0.2, 0.25) is 0 Å². The first-order valence-electron chi connectivity index (χ1n) is 5.20. The summed E-state index contributed by atoms with van der Waals surface area (Å²) in [7, 11) is 0. The lowest BCUT2D eigenvalue weighted by atomic mass is 9.87. The Morgan fingerprint density at radius 3 is 2.88 bits per heavy atom. The molecule has 0 aromatic carbocycles. The maximum atomic E-state index is 12.1. The van der Waals surface area contributed by atoms with Gasteiger partial charge < -0.3 is 5.73 Å². The number of rotatable bonds is 2. The third kappa shape index (κ3) is 2.77. The zero-order valence-electron chi connectivity index (χ0n) is 8.88. The van der Waals surface area contributed by atoms with Gasteiger partial charge in [0.15, 0.2) is 5.13 Å². The van der Waals surface area contributed by atoms with E-state index in [2.05, 4.69) is 4.98 Å². The Morgan fingerprint density at radius 2 is 2.24 bits per heavy atom. The molecule has 0 amide bonds. The smallest absolute Gasteiger partial charge is 0.375 e. The minimum absolute atomic E-state index is 0.239. The third-order valence-electron chi connectivity index (χ3n) is 2.85. The van der Waals surface area contributed by atoms with E-state index in [9.17, 15) is 18.0 Å². The van der Waals surface area contributed by atoms with Crippen LogP contribution >= 0.6 is 11.3 Å². The topological polar surface area (TPSA) is 56.0 Å². The average molecular weight is 264 g/mol. The maximum absolute atomic E-state index is 12.1. The molecular formula is C10H11F3N2OS. The SMILES string of the molecule is Nc1nc2c(s1)C[C@H](CC(=O)C(F)(F)F)CC2. The van der Waals surface area contributed by atoms with Crippen LogP contribution in [0.1, 0.15) is 23.4 Å². The van der Waals surface area contributed by atoms with Crippen molar-refractivity contribution < 1.29 is 18.0 Å². The summed E-state index contributed by atoms with van der Waals surface area (Å²) in [5, 5.41) is 0.442. The molecule has 1 heterocycles. The number of hydrogen-bond acceptors (Lipinski definition) is 4. The van der Waals surface area contributed by atoms with Crippen LogP contribution in [0.4, 0.5) is 18.3 Å². The van der Waals surface area contributed by atoms with E-state index in [1.807, 2.05) is 0 Å². The number of nitrogens with zero attached hydrogens (tertiary/aromatic N) is 1. The second kappa shape index (κ2) is 4.29. The van der Waals surface area contributed by atoms with Crippen LogP contribution in [0, 0.1) is 5.92 Å². The zero-order valence-corrected chi connectivity index (χ0v) is 9.70. The highest BCUT2D eigenvalue weighted by molar-refractivity contribution is 7.15. The summed E-state index contributed by atoms with van der Waals surface area (Å²) in [5.41, 5.74) is 6.41. The van der Waals surface area contributed by atoms with Crippen molar-refractivity contribution in [3.63, 3.8) is 0 Å². The fourth-order valence-corrected chi connectivity index (χ4v) is 3.01. The second-order valence-corrected chi connectivity index (χ2v) is 5.27. The molecule has 1 aliphatic rings. The van der Waals surface area contributed by atoms with Gasteiger partial charge in [0.25, 0.3) is 0 Å². The van der Waals surface area contributed by atoms with E-state index in [1.165, 1.54) is 11.3 Å². The molecule has 0 spiro atoms. The number of fused-ring (bicyclic) bond motifs is 1. The Morgan fingerprint density at radius 1 is 1.53 bits per heavy atom. The Bertz CT molecular complexity index is 441. The lowest BCUT2D eigenvalue weighted by molar-refractivity contribution is -0.172. The second-order valence-electron chi connectivity index (χ2n) is 4.16. The van der Waals surface area contributed by atoms with Gasteiger partial charge in [-0.25, -0.2) is 4.98 Å². The zero-order chi connectivity index (χ0) is 12.6. The van der Waals surface area contributed by atoms with E-state index in [4.69, 9.17) is 5.73 Å². The van der Waals surface area contributed by atoms with Crippen molar-refractivity contribution in [1.82, 2.24) is 4.98 Å². The van der Waals surface area contributed by atoms with Crippen LogP contribution in [0.3, 0.4) is 0 Å². The number of anilines is 1. The molecule has 0 radical (unpaired) electrons. The average Bonchev–Trinajstić information content (AvgIpc) is 2.55. The van der Waals surface area contributed by atoms with Crippen LogP contribution in [0.25, 0.3) is 0 Å². The molecular weight excluding hydrogens is 253 g/mol. The highest BCUT2D eigenvalue weighted by atomic mass is 32.1. The van der Waals surface area contributed by atoms with E-state index < -0.39 is 18.4 Å². The van der Waals surface area contributed by atoms with Crippen molar-refractivity contribution in [2.75, 3.05) is 5.73 Å². The first-order chi connectivity index (χ1) is 7.86. The Hall–Kier alpha value is -1.11. The molecule has 1 aliphatic carbocycles. The van der Waals surface area contributed by atoms with Crippen molar-refractivity contribution in [3.05, 3.63) is 10.6 Å². The monoisotopic (exact) mass is 264 g/mol. The molecule has 0 saturated heterocycles. The quantitative estimate of drug-likeness (QED) is 0.892. The number of nitrogens with two attached hydrogens (primary N) is 1. The molecule has 0 aliphatic heterocycles. The molecule has 0 unspecified atom stereocenters. The van der Waals surface area contributed by atoms with Crippen molar-refractivity contribution in [1.29, 1.82) is 0 Å². The number of nitrogen functional groups attached to an aromatic ring is 1. The number of ketones is 1.